The van der Waals surface area contributed by atoms with Crippen LogP contribution in [0.5, 0.6) is 0 Å². The van der Waals surface area contributed by atoms with Crippen LogP contribution >= 0.6 is 0 Å². The highest BCUT2D eigenvalue weighted by Gasteiger charge is 2.34. The van der Waals surface area contributed by atoms with Crippen molar-refractivity contribution in [3.63, 3.8) is 0 Å². The molecule has 0 amide bonds. The molecule has 0 atom stereocenters. The van der Waals surface area contributed by atoms with Gasteiger partial charge in [0.25, 0.3) is 5.56 Å². The highest BCUT2D eigenvalue weighted by Crippen LogP contribution is 2.42. The number of fused-ring (bicyclic) bond motifs is 1. The van der Waals surface area contributed by atoms with E-state index in [1.165, 1.54) is 18.1 Å². The Morgan fingerprint density at radius 3 is 2.53 bits per heavy atom. The van der Waals surface area contributed by atoms with Gasteiger partial charge in [-0.05, 0) is 55.9 Å². The van der Waals surface area contributed by atoms with Gasteiger partial charge >= 0.3 is 0 Å². The number of rotatable bonds is 5. The molecule has 1 aliphatic carbocycles. The van der Waals surface area contributed by atoms with E-state index in [0.717, 1.165) is 40.7 Å². The third-order valence-electron chi connectivity index (χ3n) is 6.02. The molecule has 0 aromatic heterocycles. The van der Waals surface area contributed by atoms with Crippen LogP contribution in [0.15, 0.2) is 76.5 Å². The molecule has 30 heavy (non-hydrogen) atoms. The molecule has 1 aromatic rings. The Hall–Kier alpha value is -3.24. The van der Waals surface area contributed by atoms with Crippen molar-refractivity contribution in [2.75, 3.05) is 0 Å². The minimum atomic E-state index is -0.314. The molecule has 4 nitrogen and oxygen atoms in total. The maximum absolute atomic E-state index is 11.8. The Balaban J connectivity index is 1.94. The first kappa shape index (κ1) is 20.0. The molecule has 4 rings (SSSR count). The van der Waals surface area contributed by atoms with Gasteiger partial charge in [0, 0.05) is 28.3 Å². The Morgan fingerprint density at radius 2 is 1.93 bits per heavy atom. The third kappa shape index (κ3) is 3.44. The first-order chi connectivity index (χ1) is 14.5. The number of allylic oxidation sites excluding steroid dienone is 5. The molecule has 0 unspecified atom stereocenters. The van der Waals surface area contributed by atoms with Gasteiger partial charge < -0.3 is 10.2 Å². The summed E-state index contributed by atoms with van der Waals surface area (Å²) in [5.41, 5.74) is 11.9. The topological polar surface area (TPSA) is 69.1 Å². The van der Waals surface area contributed by atoms with E-state index in [-0.39, 0.29) is 11.1 Å². The zero-order valence-electron chi connectivity index (χ0n) is 17.4. The van der Waals surface area contributed by atoms with Crippen molar-refractivity contribution >= 4 is 5.57 Å². The molecular weight excluding hydrogens is 372 g/mol. The molecule has 152 valence electrons. The monoisotopic (exact) mass is 398 g/mol. The number of aromatic nitrogens is 1. The second-order valence-electron chi connectivity index (χ2n) is 7.86. The highest BCUT2D eigenvalue weighted by molar-refractivity contribution is 5.87. The lowest BCUT2D eigenvalue weighted by Gasteiger charge is -2.38. The predicted molar refractivity (Wildman–Crippen MR) is 122 cm³/mol. The van der Waals surface area contributed by atoms with Gasteiger partial charge in [0.05, 0.1) is 0 Å². The third-order valence-corrected chi connectivity index (χ3v) is 6.02. The van der Waals surface area contributed by atoms with Crippen LogP contribution in [-0.2, 0) is 5.54 Å². The van der Waals surface area contributed by atoms with E-state index in [4.69, 9.17) is 10.2 Å². The van der Waals surface area contributed by atoms with Crippen molar-refractivity contribution in [1.82, 2.24) is 4.98 Å². The fourth-order valence-electron chi connectivity index (χ4n) is 4.08. The number of nitrogens with two attached hydrogens (primary N) is 1. The Bertz CT molecular complexity index is 1180. The first-order valence-corrected chi connectivity index (χ1v) is 10.3. The lowest BCUT2D eigenvalue weighted by atomic mass is 9.72. The van der Waals surface area contributed by atoms with Crippen molar-refractivity contribution in [1.29, 1.82) is 0 Å². The van der Waals surface area contributed by atoms with Crippen molar-refractivity contribution in [2.24, 2.45) is 5.73 Å². The van der Waals surface area contributed by atoms with Gasteiger partial charge in [0.2, 0.25) is 5.89 Å². The summed E-state index contributed by atoms with van der Waals surface area (Å²) in [7, 11) is 0. The van der Waals surface area contributed by atoms with E-state index in [0.29, 0.717) is 11.7 Å². The Morgan fingerprint density at radius 1 is 1.20 bits per heavy atom. The van der Waals surface area contributed by atoms with Gasteiger partial charge in [-0.2, -0.15) is 4.98 Å². The average Bonchev–Trinajstić information content (AvgIpc) is 2.72. The average molecular weight is 399 g/mol. The van der Waals surface area contributed by atoms with E-state index in [1.54, 1.807) is 12.1 Å². The van der Waals surface area contributed by atoms with Crippen LogP contribution in [0.25, 0.3) is 28.2 Å². The summed E-state index contributed by atoms with van der Waals surface area (Å²) in [6.45, 7) is 7.75. The van der Waals surface area contributed by atoms with E-state index >= 15 is 0 Å². The van der Waals surface area contributed by atoms with E-state index in [1.807, 2.05) is 32.1 Å². The molecule has 0 saturated heterocycles. The van der Waals surface area contributed by atoms with Crippen LogP contribution in [0.2, 0.25) is 0 Å². The molecule has 2 aliphatic heterocycles. The second kappa shape index (κ2) is 7.88. The normalized spacial score (nSPS) is 16.0. The Labute approximate surface area is 176 Å². The lowest BCUT2D eigenvalue weighted by Crippen LogP contribution is -2.43. The van der Waals surface area contributed by atoms with Crippen LogP contribution in [0.3, 0.4) is 0 Å². The summed E-state index contributed by atoms with van der Waals surface area (Å²) in [5.74, 6) is 1.02. The molecule has 0 radical (unpaired) electrons. The van der Waals surface area contributed by atoms with E-state index in [2.05, 4.69) is 35.8 Å². The Kier molecular flexibility index (Phi) is 5.27. The lowest BCUT2D eigenvalue weighted by molar-refractivity contribution is 0.253. The number of pyridine rings is 1. The van der Waals surface area contributed by atoms with Crippen molar-refractivity contribution < 1.29 is 4.42 Å². The molecular formula is C26H26N2O2. The van der Waals surface area contributed by atoms with Crippen molar-refractivity contribution in [3.8, 4) is 22.6 Å². The minimum absolute atomic E-state index is 0.195. The molecule has 0 spiro atoms. The molecule has 1 fully saturated rings. The maximum Gasteiger partial charge on any atom is 0.273 e. The molecule has 2 N–H and O–H groups in total. The molecule has 0 bridgehead atoms. The van der Waals surface area contributed by atoms with Crippen LogP contribution in [0, 0.1) is 6.92 Å². The summed E-state index contributed by atoms with van der Waals surface area (Å²) in [6, 6.07) is 11.7. The molecule has 2 heterocycles. The second-order valence-corrected chi connectivity index (χ2v) is 7.86. The van der Waals surface area contributed by atoms with E-state index in [9.17, 15) is 4.79 Å². The van der Waals surface area contributed by atoms with Gasteiger partial charge in [-0.3, -0.25) is 4.79 Å². The van der Waals surface area contributed by atoms with Gasteiger partial charge in [-0.25, -0.2) is 0 Å². The fourth-order valence-corrected chi connectivity index (χ4v) is 4.08. The van der Waals surface area contributed by atoms with Crippen LogP contribution in [-0.4, -0.2) is 4.98 Å². The summed E-state index contributed by atoms with van der Waals surface area (Å²) < 4.78 is 6.20. The SMILES string of the molecule is C=C/C=C\C(=C/C)c1oc2nc(=O)ccc-2c(C)c1-c1ccc(C2(N)CCC2)cc1. The zero-order chi connectivity index (χ0) is 21.3. The summed E-state index contributed by atoms with van der Waals surface area (Å²) in [6.07, 6.45) is 10.7. The number of hydrogen-bond donors (Lipinski definition) is 1. The van der Waals surface area contributed by atoms with Crippen LogP contribution in [0.1, 0.15) is 43.1 Å². The van der Waals surface area contributed by atoms with Crippen LogP contribution in [0.4, 0.5) is 0 Å². The summed E-state index contributed by atoms with van der Waals surface area (Å²) in [4.78, 5) is 15.9. The van der Waals surface area contributed by atoms with Gasteiger partial charge in [0.1, 0.15) is 5.76 Å². The molecule has 1 aromatic carbocycles. The number of hydrogen-bond acceptors (Lipinski definition) is 4. The molecule has 4 heteroatoms. The summed E-state index contributed by atoms with van der Waals surface area (Å²) in [5, 5.41) is 0. The predicted octanol–water partition coefficient (Wildman–Crippen LogP) is 5.60. The number of nitrogens with zero attached hydrogens (tertiary/aromatic N) is 1. The van der Waals surface area contributed by atoms with Crippen molar-refractivity contribution in [3.05, 3.63) is 94.5 Å². The molecule has 3 aliphatic rings. The quantitative estimate of drug-likeness (QED) is 0.568. The fraction of sp³-hybridized carbons (Fsp3) is 0.231. The van der Waals surface area contributed by atoms with Crippen molar-refractivity contribution in [2.45, 2.75) is 38.6 Å². The van der Waals surface area contributed by atoms with Gasteiger partial charge in [-0.1, -0.05) is 55.1 Å². The van der Waals surface area contributed by atoms with Gasteiger partial charge in [-0.15, -0.1) is 0 Å². The zero-order valence-corrected chi connectivity index (χ0v) is 17.4. The molecule has 1 saturated carbocycles. The minimum Gasteiger partial charge on any atom is -0.437 e. The smallest absolute Gasteiger partial charge is 0.273 e. The van der Waals surface area contributed by atoms with Crippen LogP contribution < -0.4 is 11.3 Å². The maximum atomic E-state index is 11.8. The highest BCUT2D eigenvalue weighted by atomic mass is 16.3. The van der Waals surface area contributed by atoms with E-state index < -0.39 is 0 Å². The standard InChI is InChI=1S/C26H26N2O2/c1-4-6-8-18(5-2)24-23(17(3)21-13-14-22(29)28-25(21)30-24)19-9-11-20(12-10-19)26(27)15-7-16-26/h4-6,8-14H,1,7,15-16,27H2,2-3H3/b8-6-,18-5+. The summed E-state index contributed by atoms with van der Waals surface area (Å²) >= 11 is 0. The first-order valence-electron chi connectivity index (χ1n) is 10.3. The van der Waals surface area contributed by atoms with Gasteiger partial charge in [0.15, 0.2) is 0 Å². The number of benzene rings is 1. The largest absolute Gasteiger partial charge is 0.437 e.